The number of hydrogen-bond acceptors (Lipinski definition) is 7. The maximum atomic E-state index is 13.0. The summed E-state index contributed by atoms with van der Waals surface area (Å²) in [6.07, 6.45) is 40.8. The summed E-state index contributed by atoms with van der Waals surface area (Å²) in [4.78, 5) is 30.1. The summed E-state index contributed by atoms with van der Waals surface area (Å²) in [7, 11) is 2.02. The molecule has 7 heteroatoms. The van der Waals surface area contributed by atoms with Gasteiger partial charge in [-0.3, -0.25) is 9.59 Å². The van der Waals surface area contributed by atoms with Gasteiger partial charge in [0.1, 0.15) is 13.2 Å². The number of hydrogen-bond donors (Lipinski definition) is 1. The second-order valence-corrected chi connectivity index (χ2v) is 15.4. The highest BCUT2D eigenvalue weighted by atomic mass is 16.6. The minimum absolute atomic E-state index is 0.0415. The molecule has 0 aromatic rings. The van der Waals surface area contributed by atoms with E-state index in [1.807, 2.05) is 7.05 Å². The molecule has 0 heterocycles. The number of carbonyl (C=O) groups is 2. The van der Waals surface area contributed by atoms with E-state index in [0.717, 1.165) is 58.2 Å². The van der Waals surface area contributed by atoms with Gasteiger partial charge in [0.05, 0.1) is 18.9 Å². The van der Waals surface area contributed by atoms with E-state index in [4.69, 9.17) is 9.47 Å². The summed E-state index contributed by atoms with van der Waals surface area (Å²) >= 11 is 0. The zero-order valence-electron chi connectivity index (χ0n) is 35.6. The summed E-state index contributed by atoms with van der Waals surface area (Å²) in [6.45, 7) is 11.1. The topological polar surface area (TPSA) is 79.3 Å². The second-order valence-electron chi connectivity index (χ2n) is 15.4. The summed E-state index contributed by atoms with van der Waals surface area (Å²) in [5, 5.41) is 9.30. The van der Waals surface area contributed by atoms with Crippen LogP contribution >= 0.6 is 0 Å². The quantitative estimate of drug-likeness (QED) is 0.0379. The Morgan fingerprint density at radius 1 is 0.547 bits per heavy atom. The molecule has 312 valence electrons. The van der Waals surface area contributed by atoms with Gasteiger partial charge in [-0.2, -0.15) is 0 Å². The Morgan fingerprint density at radius 2 is 1.04 bits per heavy atom. The Kier molecular flexibility index (Phi) is 40.1. The van der Waals surface area contributed by atoms with E-state index in [9.17, 15) is 14.7 Å². The van der Waals surface area contributed by atoms with Crippen LogP contribution in [0, 0.1) is 5.92 Å². The van der Waals surface area contributed by atoms with Crippen molar-refractivity contribution >= 4 is 11.9 Å². The predicted octanol–water partition coefficient (Wildman–Crippen LogP) is 11.6. The van der Waals surface area contributed by atoms with E-state index in [1.54, 1.807) is 0 Å². The van der Waals surface area contributed by atoms with Gasteiger partial charge in [0.2, 0.25) is 0 Å². The van der Waals surface area contributed by atoms with Crippen molar-refractivity contribution in [1.29, 1.82) is 0 Å². The first-order valence-electron chi connectivity index (χ1n) is 22.6. The normalized spacial score (nSPS) is 12.0. The largest absolute Gasteiger partial charge is 0.462 e. The monoisotopic (exact) mass is 749 g/mol. The number of esters is 2. The van der Waals surface area contributed by atoms with Crippen molar-refractivity contribution in [1.82, 2.24) is 9.80 Å². The van der Waals surface area contributed by atoms with Crippen LogP contribution in [0.3, 0.4) is 0 Å². The van der Waals surface area contributed by atoms with Crippen molar-refractivity contribution < 1.29 is 24.2 Å². The van der Waals surface area contributed by atoms with Gasteiger partial charge >= 0.3 is 11.9 Å². The molecule has 53 heavy (non-hydrogen) atoms. The molecule has 0 rings (SSSR count). The van der Waals surface area contributed by atoms with E-state index < -0.39 is 0 Å². The Morgan fingerprint density at radius 3 is 1.62 bits per heavy atom. The fourth-order valence-corrected chi connectivity index (χ4v) is 6.71. The number of allylic oxidation sites excluding steroid dienone is 4. The molecule has 0 fully saturated rings. The summed E-state index contributed by atoms with van der Waals surface area (Å²) in [5.74, 6) is -0.391. The number of carbonyl (C=O) groups excluding carboxylic acids is 2. The summed E-state index contributed by atoms with van der Waals surface area (Å²) in [6, 6.07) is 0. The number of rotatable bonds is 41. The van der Waals surface area contributed by atoms with Crippen LogP contribution in [0.15, 0.2) is 24.3 Å². The first-order valence-corrected chi connectivity index (χ1v) is 22.6. The van der Waals surface area contributed by atoms with E-state index in [1.165, 1.54) is 128 Å². The number of unbranched alkanes of at least 4 members (excludes halogenated alkanes) is 19. The zero-order chi connectivity index (χ0) is 38.9. The van der Waals surface area contributed by atoms with Crippen molar-refractivity contribution in [2.75, 3.05) is 59.6 Å². The van der Waals surface area contributed by atoms with E-state index in [0.29, 0.717) is 19.5 Å². The molecule has 0 amide bonds. The molecule has 0 aromatic carbocycles. The molecule has 0 saturated heterocycles. The Hall–Kier alpha value is -1.70. The van der Waals surface area contributed by atoms with E-state index in [2.05, 4.69) is 54.9 Å². The third kappa shape index (κ3) is 37.0. The maximum absolute atomic E-state index is 13.0. The SMILES string of the molecule is CCCCCC=CC/C=C\CCCCCCCCN(CCC(=O)OCCOC(=O)C(CCCCCCCC)CCCCCCCC)CCN(C)CCO. The fourth-order valence-electron chi connectivity index (χ4n) is 6.71. The molecule has 0 aliphatic carbocycles. The van der Waals surface area contributed by atoms with Crippen LogP contribution in [-0.2, 0) is 19.1 Å². The van der Waals surface area contributed by atoms with Crippen molar-refractivity contribution in [3.63, 3.8) is 0 Å². The Labute approximate surface area is 329 Å². The lowest BCUT2D eigenvalue weighted by atomic mass is 9.94. The van der Waals surface area contributed by atoms with E-state index >= 15 is 0 Å². The summed E-state index contributed by atoms with van der Waals surface area (Å²) in [5.41, 5.74) is 0. The molecule has 0 radical (unpaired) electrons. The second kappa shape index (κ2) is 41.5. The van der Waals surface area contributed by atoms with Crippen LogP contribution in [-0.4, -0.2) is 86.4 Å². The van der Waals surface area contributed by atoms with Crippen LogP contribution in [0.4, 0.5) is 0 Å². The van der Waals surface area contributed by atoms with Gasteiger partial charge in [-0.1, -0.05) is 161 Å². The highest BCUT2D eigenvalue weighted by molar-refractivity contribution is 5.72. The van der Waals surface area contributed by atoms with Gasteiger partial charge in [-0.25, -0.2) is 0 Å². The first kappa shape index (κ1) is 51.3. The maximum Gasteiger partial charge on any atom is 0.309 e. The number of ether oxygens (including phenoxy) is 2. The number of aliphatic hydroxyl groups is 1. The highest BCUT2D eigenvalue weighted by Gasteiger charge is 2.20. The molecule has 0 aliphatic heterocycles. The molecule has 0 saturated carbocycles. The van der Waals surface area contributed by atoms with Gasteiger partial charge in [0.15, 0.2) is 0 Å². The van der Waals surface area contributed by atoms with Gasteiger partial charge in [-0.05, 0) is 65.0 Å². The third-order valence-electron chi connectivity index (χ3n) is 10.3. The minimum atomic E-state index is -0.234. The Bertz CT molecular complexity index is 832. The average molecular weight is 749 g/mol. The smallest absolute Gasteiger partial charge is 0.309 e. The van der Waals surface area contributed by atoms with Crippen molar-refractivity contribution in [3.05, 3.63) is 24.3 Å². The molecular formula is C46H88N2O5. The molecule has 7 nitrogen and oxygen atoms in total. The molecule has 0 atom stereocenters. The lowest BCUT2D eigenvalue weighted by Gasteiger charge is -2.25. The van der Waals surface area contributed by atoms with Crippen LogP contribution in [0.2, 0.25) is 0 Å². The molecule has 1 N–H and O–H groups in total. The van der Waals surface area contributed by atoms with Crippen LogP contribution in [0.5, 0.6) is 0 Å². The van der Waals surface area contributed by atoms with Gasteiger partial charge in [-0.15, -0.1) is 0 Å². The zero-order valence-corrected chi connectivity index (χ0v) is 35.6. The predicted molar refractivity (Wildman–Crippen MR) is 226 cm³/mol. The number of nitrogens with zero attached hydrogens (tertiary/aromatic N) is 2. The lowest BCUT2D eigenvalue weighted by Crippen LogP contribution is -2.36. The van der Waals surface area contributed by atoms with Crippen molar-refractivity contribution in [2.45, 2.75) is 194 Å². The van der Waals surface area contributed by atoms with Crippen molar-refractivity contribution in [3.8, 4) is 0 Å². The fraction of sp³-hybridized carbons (Fsp3) is 0.870. The van der Waals surface area contributed by atoms with E-state index in [-0.39, 0.29) is 37.7 Å². The Balaban J connectivity index is 4.42. The van der Waals surface area contributed by atoms with Crippen LogP contribution in [0.25, 0.3) is 0 Å². The number of likely N-dealkylation sites (N-methyl/N-ethyl adjacent to an activating group) is 1. The molecule has 0 aromatic heterocycles. The molecule has 0 spiro atoms. The molecule has 0 bridgehead atoms. The van der Waals surface area contributed by atoms with Gasteiger partial charge < -0.3 is 24.4 Å². The molecular weight excluding hydrogens is 661 g/mol. The molecule has 0 aliphatic rings. The first-order chi connectivity index (χ1) is 26.0. The minimum Gasteiger partial charge on any atom is -0.462 e. The number of aliphatic hydroxyl groups excluding tert-OH is 1. The lowest BCUT2D eigenvalue weighted by molar-refractivity contribution is -0.155. The van der Waals surface area contributed by atoms with Crippen LogP contribution < -0.4 is 0 Å². The molecule has 0 unspecified atom stereocenters. The highest BCUT2D eigenvalue weighted by Crippen LogP contribution is 2.21. The van der Waals surface area contributed by atoms with Crippen molar-refractivity contribution in [2.24, 2.45) is 5.92 Å². The van der Waals surface area contributed by atoms with Gasteiger partial charge in [0, 0.05) is 26.2 Å². The third-order valence-corrected chi connectivity index (χ3v) is 10.3. The standard InChI is InChI=1S/C46H88N2O5/c1-5-8-11-14-17-18-19-20-21-22-23-24-25-26-29-32-36-48(39-38-47(4)40-41-49)37-35-45(50)52-42-43-53-46(51)44(33-30-27-15-12-9-6-2)34-31-28-16-13-10-7-3/h17-18,20-21,44,49H,5-16,19,22-43H2,1-4H3/b18-17?,21-20-. The van der Waals surface area contributed by atoms with Gasteiger partial charge in [0.25, 0.3) is 0 Å². The summed E-state index contributed by atoms with van der Waals surface area (Å²) < 4.78 is 11.1. The van der Waals surface area contributed by atoms with Crippen LogP contribution in [0.1, 0.15) is 194 Å². The average Bonchev–Trinajstić information content (AvgIpc) is 3.15.